The number of benzene rings is 2. The number of nitrogens with one attached hydrogen (secondary N) is 1. The Balaban J connectivity index is 1.23. The number of hydrogen-bond acceptors (Lipinski definition) is 4. The van der Waals surface area contributed by atoms with Gasteiger partial charge in [0.05, 0.1) is 11.5 Å². The smallest absolute Gasteiger partial charge is 0.258 e. The average molecular weight is 423 g/mol. The van der Waals surface area contributed by atoms with Gasteiger partial charge < -0.3 is 19.9 Å². The molecular weight excluding hydrogens is 401 g/mol. The normalized spacial score (nSPS) is 22.2. The molecule has 0 radical (unpaired) electrons. The number of ether oxygens (including phenoxy) is 1. The Morgan fingerprint density at radius 2 is 1.77 bits per heavy atom. The number of nitrogens with zero attached hydrogens (tertiary/aromatic N) is 2. The van der Waals surface area contributed by atoms with Crippen molar-refractivity contribution in [3.8, 4) is 5.75 Å². The van der Waals surface area contributed by atoms with Gasteiger partial charge in [-0.2, -0.15) is 0 Å². The van der Waals surface area contributed by atoms with E-state index in [1.165, 1.54) is 17.0 Å². The van der Waals surface area contributed by atoms with Crippen LogP contribution in [0.1, 0.15) is 29.6 Å². The summed E-state index contributed by atoms with van der Waals surface area (Å²) in [5.74, 6) is -0.632. The van der Waals surface area contributed by atoms with Gasteiger partial charge in [-0.05, 0) is 36.4 Å². The van der Waals surface area contributed by atoms with E-state index in [2.05, 4.69) is 5.32 Å². The van der Waals surface area contributed by atoms with Gasteiger partial charge in [0.15, 0.2) is 5.72 Å². The summed E-state index contributed by atoms with van der Waals surface area (Å²) in [6, 6.07) is 12.8. The highest BCUT2D eigenvalue weighted by atomic mass is 19.1. The first-order valence-electron chi connectivity index (χ1n) is 10.4. The number of para-hydroxylation sites is 1. The highest BCUT2D eigenvalue weighted by molar-refractivity contribution is 6.00. The molecule has 8 heteroatoms. The molecule has 0 aliphatic carbocycles. The van der Waals surface area contributed by atoms with Crippen molar-refractivity contribution in [1.29, 1.82) is 0 Å². The van der Waals surface area contributed by atoms with Crippen LogP contribution in [0.15, 0.2) is 48.5 Å². The SMILES string of the molecule is O=C1NC2(CCN(C(=O)C3CC(=O)N(c4ccc(F)cc4)C3)CC2)Oc2ccccc21. The van der Waals surface area contributed by atoms with Crippen molar-refractivity contribution < 1.29 is 23.5 Å². The largest absolute Gasteiger partial charge is 0.467 e. The van der Waals surface area contributed by atoms with Crippen LogP contribution in [0.3, 0.4) is 0 Å². The Bertz CT molecular complexity index is 1050. The predicted molar refractivity (Wildman–Crippen MR) is 110 cm³/mol. The molecule has 0 aromatic heterocycles. The molecule has 160 valence electrons. The lowest BCUT2D eigenvalue weighted by Gasteiger charge is -2.44. The topological polar surface area (TPSA) is 79.0 Å². The molecule has 0 bridgehead atoms. The van der Waals surface area contributed by atoms with Gasteiger partial charge >= 0.3 is 0 Å². The lowest BCUT2D eigenvalue weighted by atomic mass is 9.95. The summed E-state index contributed by atoms with van der Waals surface area (Å²) in [4.78, 5) is 41.3. The fraction of sp³-hybridized carbons (Fsp3) is 0.348. The van der Waals surface area contributed by atoms with Crippen molar-refractivity contribution in [2.45, 2.75) is 25.0 Å². The third-order valence-corrected chi connectivity index (χ3v) is 6.27. The third kappa shape index (κ3) is 3.52. The van der Waals surface area contributed by atoms with Crippen molar-refractivity contribution in [3.63, 3.8) is 0 Å². The molecule has 2 aromatic carbocycles. The van der Waals surface area contributed by atoms with Crippen molar-refractivity contribution in [2.75, 3.05) is 24.5 Å². The summed E-state index contributed by atoms with van der Waals surface area (Å²) >= 11 is 0. The number of piperidine rings is 1. The Kier molecular flexibility index (Phi) is 4.64. The van der Waals surface area contributed by atoms with Gasteiger partial charge in [0, 0.05) is 44.6 Å². The van der Waals surface area contributed by atoms with Gasteiger partial charge in [-0.15, -0.1) is 0 Å². The van der Waals surface area contributed by atoms with Gasteiger partial charge in [0.25, 0.3) is 5.91 Å². The van der Waals surface area contributed by atoms with Crippen LogP contribution in [-0.4, -0.2) is 48.0 Å². The van der Waals surface area contributed by atoms with Crippen LogP contribution in [0.2, 0.25) is 0 Å². The van der Waals surface area contributed by atoms with Gasteiger partial charge in [0.2, 0.25) is 11.8 Å². The molecule has 0 saturated carbocycles. The van der Waals surface area contributed by atoms with Crippen LogP contribution >= 0.6 is 0 Å². The molecule has 3 heterocycles. The predicted octanol–water partition coefficient (Wildman–Crippen LogP) is 2.32. The minimum absolute atomic E-state index is 0.0738. The maximum Gasteiger partial charge on any atom is 0.258 e. The van der Waals surface area contributed by atoms with E-state index < -0.39 is 11.6 Å². The van der Waals surface area contributed by atoms with Crippen LogP contribution in [0, 0.1) is 11.7 Å². The highest BCUT2D eigenvalue weighted by Gasteiger charge is 2.45. The molecular formula is C23H22FN3O4. The molecule has 2 aromatic rings. The Morgan fingerprint density at radius 3 is 2.52 bits per heavy atom. The zero-order valence-electron chi connectivity index (χ0n) is 16.8. The van der Waals surface area contributed by atoms with E-state index in [1.807, 2.05) is 6.07 Å². The molecule has 5 rings (SSSR count). The molecule has 3 aliphatic heterocycles. The fourth-order valence-corrected chi connectivity index (χ4v) is 4.57. The lowest BCUT2D eigenvalue weighted by Crippen LogP contribution is -2.62. The van der Waals surface area contributed by atoms with Gasteiger partial charge in [-0.25, -0.2) is 4.39 Å². The molecule has 1 N–H and O–H groups in total. The molecule has 7 nitrogen and oxygen atoms in total. The number of hydrogen-bond donors (Lipinski definition) is 1. The first kappa shape index (κ1) is 19.5. The van der Waals surface area contributed by atoms with E-state index in [-0.39, 0.29) is 36.5 Å². The number of amides is 3. The minimum atomic E-state index is -0.812. The van der Waals surface area contributed by atoms with E-state index in [0.717, 1.165) is 0 Å². The Morgan fingerprint density at radius 1 is 1.06 bits per heavy atom. The van der Waals surface area contributed by atoms with Crippen molar-refractivity contribution in [1.82, 2.24) is 10.2 Å². The van der Waals surface area contributed by atoms with E-state index in [4.69, 9.17) is 4.74 Å². The molecule has 1 unspecified atom stereocenters. The second kappa shape index (κ2) is 7.37. The molecule has 2 saturated heterocycles. The number of fused-ring (bicyclic) bond motifs is 1. The minimum Gasteiger partial charge on any atom is -0.467 e. The third-order valence-electron chi connectivity index (χ3n) is 6.27. The molecule has 1 spiro atoms. The molecule has 3 aliphatic rings. The average Bonchev–Trinajstić information content (AvgIpc) is 3.16. The van der Waals surface area contributed by atoms with Gasteiger partial charge in [-0.3, -0.25) is 14.4 Å². The first-order chi connectivity index (χ1) is 14.9. The van der Waals surface area contributed by atoms with E-state index in [0.29, 0.717) is 42.9 Å². The Labute approximate surface area is 178 Å². The molecule has 3 amide bonds. The quantitative estimate of drug-likeness (QED) is 0.804. The van der Waals surface area contributed by atoms with Crippen LogP contribution < -0.4 is 15.0 Å². The second-order valence-electron chi connectivity index (χ2n) is 8.25. The summed E-state index contributed by atoms with van der Waals surface area (Å²) in [5, 5.41) is 2.97. The van der Waals surface area contributed by atoms with Crippen LogP contribution in [0.5, 0.6) is 5.75 Å². The van der Waals surface area contributed by atoms with Crippen LogP contribution in [0.4, 0.5) is 10.1 Å². The lowest BCUT2D eigenvalue weighted by molar-refractivity contribution is -0.139. The van der Waals surface area contributed by atoms with E-state index in [1.54, 1.807) is 35.2 Å². The maximum absolute atomic E-state index is 13.2. The fourth-order valence-electron chi connectivity index (χ4n) is 4.57. The monoisotopic (exact) mass is 423 g/mol. The summed E-state index contributed by atoms with van der Waals surface area (Å²) in [7, 11) is 0. The second-order valence-corrected chi connectivity index (χ2v) is 8.25. The first-order valence-corrected chi connectivity index (χ1v) is 10.4. The molecule has 31 heavy (non-hydrogen) atoms. The van der Waals surface area contributed by atoms with E-state index in [9.17, 15) is 18.8 Å². The molecule has 1 atom stereocenters. The summed E-state index contributed by atoms with van der Waals surface area (Å²) in [5.41, 5.74) is 0.293. The zero-order valence-corrected chi connectivity index (χ0v) is 16.8. The number of rotatable bonds is 2. The summed E-state index contributed by atoms with van der Waals surface area (Å²) < 4.78 is 19.3. The number of carbonyl (C=O) groups excluding carboxylic acids is 3. The van der Waals surface area contributed by atoms with Crippen LogP contribution in [0.25, 0.3) is 0 Å². The van der Waals surface area contributed by atoms with Crippen molar-refractivity contribution >= 4 is 23.4 Å². The number of carbonyl (C=O) groups is 3. The number of halogens is 1. The van der Waals surface area contributed by atoms with Gasteiger partial charge in [-0.1, -0.05) is 12.1 Å². The number of anilines is 1. The highest BCUT2D eigenvalue weighted by Crippen LogP contribution is 2.34. The summed E-state index contributed by atoms with van der Waals surface area (Å²) in [6.07, 6.45) is 1.08. The summed E-state index contributed by atoms with van der Waals surface area (Å²) in [6.45, 7) is 1.15. The van der Waals surface area contributed by atoms with Crippen molar-refractivity contribution in [2.24, 2.45) is 5.92 Å². The molecule has 2 fully saturated rings. The zero-order chi connectivity index (χ0) is 21.6. The number of likely N-dealkylation sites (tertiary alicyclic amines) is 1. The van der Waals surface area contributed by atoms with E-state index >= 15 is 0 Å². The van der Waals surface area contributed by atoms with Crippen LogP contribution in [-0.2, 0) is 9.59 Å². The maximum atomic E-state index is 13.2. The standard InChI is InChI=1S/C23H22FN3O4/c24-16-5-7-17(8-6-16)27-14-15(13-20(27)28)22(30)26-11-9-23(10-12-26)25-21(29)18-3-1-2-4-19(18)31-23/h1-8,15H,9-14H2,(H,25,29). The van der Waals surface area contributed by atoms with Gasteiger partial charge in [0.1, 0.15) is 11.6 Å². The Hall–Kier alpha value is -3.42. The van der Waals surface area contributed by atoms with Crippen molar-refractivity contribution in [3.05, 3.63) is 59.9 Å².